The van der Waals surface area contributed by atoms with E-state index in [1.807, 2.05) is 5.38 Å². The second-order valence-electron chi connectivity index (χ2n) is 4.72. The van der Waals surface area contributed by atoms with Gasteiger partial charge >= 0.3 is 0 Å². The number of rotatable bonds is 4. The highest BCUT2D eigenvalue weighted by Crippen LogP contribution is 2.18. The molecule has 3 N–H and O–H groups in total. The molecule has 5 heteroatoms. The molecule has 0 bridgehead atoms. The predicted octanol–water partition coefficient (Wildman–Crippen LogP) is 1.43. The van der Waals surface area contributed by atoms with Gasteiger partial charge in [0.1, 0.15) is 0 Å². The van der Waals surface area contributed by atoms with Crippen molar-refractivity contribution >= 4 is 17.2 Å². The van der Waals surface area contributed by atoms with Crippen LogP contribution in [0, 0.1) is 12.8 Å². The molecule has 0 spiro atoms. The van der Waals surface area contributed by atoms with Crippen LogP contribution in [0.1, 0.15) is 23.3 Å². The highest BCUT2D eigenvalue weighted by Gasteiger charge is 2.26. The number of aryl methyl sites for hydroxylation is 1. The molecule has 0 radical (unpaired) electrons. The smallest absolute Gasteiger partial charge is 0.237 e. The fourth-order valence-corrected chi connectivity index (χ4v) is 3.01. The van der Waals surface area contributed by atoms with E-state index >= 15 is 0 Å². The average Bonchev–Trinajstić information content (AvgIpc) is 2.81. The molecular formula is C13H20N2O2S. The molecule has 1 fully saturated rings. The maximum atomic E-state index is 12.0. The Morgan fingerprint density at radius 1 is 1.61 bits per heavy atom. The Balaban J connectivity index is 1.82. The van der Waals surface area contributed by atoms with E-state index in [1.54, 1.807) is 11.3 Å². The van der Waals surface area contributed by atoms with Crippen molar-refractivity contribution < 1.29 is 9.53 Å². The predicted molar refractivity (Wildman–Crippen MR) is 72.4 cm³/mol. The lowest BCUT2D eigenvalue weighted by Crippen LogP contribution is -2.46. The fourth-order valence-electron chi connectivity index (χ4n) is 2.16. The molecule has 1 atom stereocenters. The van der Waals surface area contributed by atoms with E-state index in [4.69, 9.17) is 10.5 Å². The topological polar surface area (TPSA) is 64.4 Å². The highest BCUT2D eigenvalue weighted by atomic mass is 32.1. The second-order valence-corrected chi connectivity index (χ2v) is 5.72. The molecule has 1 aromatic rings. The molecule has 4 nitrogen and oxygen atoms in total. The molecule has 100 valence electrons. The number of nitrogens with one attached hydrogen (secondary N) is 1. The van der Waals surface area contributed by atoms with Crippen LogP contribution in [0.5, 0.6) is 0 Å². The largest absolute Gasteiger partial charge is 0.381 e. The lowest BCUT2D eigenvalue weighted by Gasteiger charge is -2.26. The molecule has 1 unspecified atom stereocenters. The van der Waals surface area contributed by atoms with Gasteiger partial charge in [-0.2, -0.15) is 0 Å². The first-order valence-corrected chi connectivity index (χ1v) is 7.20. The van der Waals surface area contributed by atoms with Crippen LogP contribution < -0.4 is 11.1 Å². The van der Waals surface area contributed by atoms with Crippen molar-refractivity contribution in [2.24, 2.45) is 11.7 Å². The van der Waals surface area contributed by atoms with Crippen molar-refractivity contribution in [3.63, 3.8) is 0 Å². The van der Waals surface area contributed by atoms with Crippen LogP contribution in [0.15, 0.2) is 11.4 Å². The minimum Gasteiger partial charge on any atom is -0.381 e. The third-order valence-corrected chi connectivity index (χ3v) is 4.49. The molecule has 0 aromatic carbocycles. The molecule has 1 aromatic heterocycles. The SMILES string of the molecule is Cc1ccsc1CNC(=O)C(N)C1CCOCC1. The van der Waals surface area contributed by atoms with Crippen molar-refractivity contribution in [2.75, 3.05) is 13.2 Å². The summed E-state index contributed by atoms with van der Waals surface area (Å²) in [6.45, 7) is 4.07. The summed E-state index contributed by atoms with van der Waals surface area (Å²) in [5.41, 5.74) is 7.23. The quantitative estimate of drug-likeness (QED) is 0.868. The molecule has 2 rings (SSSR count). The van der Waals surface area contributed by atoms with Crippen LogP contribution in [0.25, 0.3) is 0 Å². The van der Waals surface area contributed by atoms with Gasteiger partial charge in [0.15, 0.2) is 0 Å². The van der Waals surface area contributed by atoms with Crippen molar-refractivity contribution in [1.82, 2.24) is 5.32 Å². The first-order valence-electron chi connectivity index (χ1n) is 6.32. The fraction of sp³-hybridized carbons (Fsp3) is 0.615. The third-order valence-electron chi connectivity index (χ3n) is 3.47. The molecular weight excluding hydrogens is 248 g/mol. The number of hydrogen-bond acceptors (Lipinski definition) is 4. The maximum absolute atomic E-state index is 12.0. The van der Waals surface area contributed by atoms with Crippen LogP contribution in [0.3, 0.4) is 0 Å². The first kappa shape index (κ1) is 13.5. The van der Waals surface area contributed by atoms with Crippen molar-refractivity contribution in [2.45, 2.75) is 32.4 Å². The molecule has 1 amide bonds. The lowest BCUT2D eigenvalue weighted by atomic mass is 9.92. The van der Waals surface area contributed by atoms with Crippen LogP contribution in [-0.4, -0.2) is 25.2 Å². The zero-order chi connectivity index (χ0) is 13.0. The van der Waals surface area contributed by atoms with Gasteiger partial charge in [0.2, 0.25) is 5.91 Å². The average molecular weight is 268 g/mol. The monoisotopic (exact) mass is 268 g/mol. The van der Waals surface area contributed by atoms with Gasteiger partial charge in [-0.05, 0) is 42.7 Å². The van der Waals surface area contributed by atoms with E-state index in [1.165, 1.54) is 10.4 Å². The second kappa shape index (κ2) is 6.31. The van der Waals surface area contributed by atoms with Crippen LogP contribution >= 0.6 is 11.3 Å². The molecule has 0 saturated carbocycles. The van der Waals surface area contributed by atoms with E-state index in [9.17, 15) is 4.79 Å². The number of amides is 1. The van der Waals surface area contributed by atoms with E-state index in [2.05, 4.69) is 18.3 Å². The lowest BCUT2D eigenvalue weighted by molar-refractivity contribution is -0.124. The molecule has 0 aliphatic carbocycles. The Hall–Kier alpha value is -0.910. The number of thiophene rings is 1. The van der Waals surface area contributed by atoms with E-state index < -0.39 is 6.04 Å². The van der Waals surface area contributed by atoms with E-state index in [-0.39, 0.29) is 11.8 Å². The van der Waals surface area contributed by atoms with Gasteiger partial charge in [-0.3, -0.25) is 4.79 Å². The van der Waals surface area contributed by atoms with Gasteiger partial charge in [-0.1, -0.05) is 0 Å². The summed E-state index contributed by atoms with van der Waals surface area (Å²) < 4.78 is 5.28. The number of carbonyl (C=O) groups excluding carboxylic acids is 1. The van der Waals surface area contributed by atoms with Gasteiger partial charge in [0, 0.05) is 18.1 Å². The Morgan fingerprint density at radius 2 is 2.33 bits per heavy atom. The standard InChI is InChI=1S/C13H20N2O2S/c1-9-4-7-18-11(9)8-15-13(16)12(14)10-2-5-17-6-3-10/h4,7,10,12H,2-3,5-6,8,14H2,1H3,(H,15,16). The Morgan fingerprint density at radius 3 is 2.94 bits per heavy atom. The zero-order valence-electron chi connectivity index (χ0n) is 10.6. The van der Waals surface area contributed by atoms with E-state index in [0.29, 0.717) is 6.54 Å². The van der Waals surface area contributed by atoms with Gasteiger partial charge in [-0.25, -0.2) is 0 Å². The van der Waals surface area contributed by atoms with Gasteiger partial charge in [0.25, 0.3) is 0 Å². The summed E-state index contributed by atoms with van der Waals surface area (Å²) in [6, 6.07) is 1.65. The van der Waals surface area contributed by atoms with Crippen molar-refractivity contribution in [3.8, 4) is 0 Å². The van der Waals surface area contributed by atoms with Crippen molar-refractivity contribution in [1.29, 1.82) is 0 Å². The summed E-state index contributed by atoms with van der Waals surface area (Å²) in [5.74, 6) is 0.206. The zero-order valence-corrected chi connectivity index (χ0v) is 11.5. The Kier molecular flexibility index (Phi) is 4.74. The minimum absolute atomic E-state index is 0.0466. The molecule has 18 heavy (non-hydrogen) atoms. The number of nitrogens with two attached hydrogens (primary N) is 1. The molecule has 1 saturated heterocycles. The normalized spacial score (nSPS) is 18.6. The van der Waals surface area contributed by atoms with Gasteiger partial charge in [-0.15, -0.1) is 11.3 Å². The van der Waals surface area contributed by atoms with Crippen molar-refractivity contribution in [3.05, 3.63) is 21.9 Å². The molecule has 1 aliphatic heterocycles. The summed E-state index contributed by atoms with van der Waals surface area (Å²) in [6.07, 6.45) is 1.76. The highest BCUT2D eigenvalue weighted by molar-refractivity contribution is 7.10. The Labute approximate surface area is 112 Å². The first-order chi connectivity index (χ1) is 8.68. The summed E-state index contributed by atoms with van der Waals surface area (Å²) in [4.78, 5) is 13.2. The Bertz CT molecular complexity index is 399. The third kappa shape index (κ3) is 3.31. The summed E-state index contributed by atoms with van der Waals surface area (Å²) in [5, 5.41) is 4.97. The molecule has 2 heterocycles. The van der Waals surface area contributed by atoms with Crippen LogP contribution in [0.4, 0.5) is 0 Å². The minimum atomic E-state index is -0.408. The number of carbonyl (C=O) groups is 1. The van der Waals surface area contributed by atoms with Crippen LogP contribution in [-0.2, 0) is 16.1 Å². The van der Waals surface area contributed by atoms with Gasteiger partial charge in [0.05, 0.1) is 12.6 Å². The summed E-state index contributed by atoms with van der Waals surface area (Å²) in [7, 11) is 0. The van der Waals surface area contributed by atoms with Gasteiger partial charge < -0.3 is 15.8 Å². The van der Waals surface area contributed by atoms with Crippen LogP contribution in [0.2, 0.25) is 0 Å². The van der Waals surface area contributed by atoms with E-state index in [0.717, 1.165) is 26.1 Å². The number of hydrogen-bond donors (Lipinski definition) is 2. The number of ether oxygens (including phenoxy) is 1. The molecule has 1 aliphatic rings. The summed E-state index contributed by atoms with van der Waals surface area (Å²) >= 11 is 1.66. The maximum Gasteiger partial charge on any atom is 0.237 e.